The maximum absolute atomic E-state index is 2.60. The third-order valence-corrected chi connectivity index (χ3v) is 13.0. The summed E-state index contributed by atoms with van der Waals surface area (Å²) < 4.78 is 0. The third-order valence-electron chi connectivity index (χ3n) is 13.0. The Morgan fingerprint density at radius 1 is 0.509 bits per heavy atom. The number of fused-ring (bicyclic) bond motifs is 10. The van der Waals surface area contributed by atoms with Gasteiger partial charge in [0.1, 0.15) is 0 Å². The molecule has 0 heteroatoms. The number of benzene rings is 5. The van der Waals surface area contributed by atoms with E-state index < -0.39 is 5.41 Å². The summed E-state index contributed by atoms with van der Waals surface area (Å²) >= 11 is 0. The van der Waals surface area contributed by atoms with E-state index in [9.17, 15) is 0 Å². The van der Waals surface area contributed by atoms with Crippen LogP contribution >= 0.6 is 0 Å². The fourth-order valence-electron chi connectivity index (χ4n) is 10.3. The lowest BCUT2D eigenvalue weighted by molar-refractivity contribution is 0.756. The van der Waals surface area contributed by atoms with Gasteiger partial charge in [-0.3, -0.25) is 0 Å². The molecule has 0 radical (unpaired) electrons. The second-order valence-electron chi connectivity index (χ2n) is 16.0. The molecule has 0 N–H and O–H groups in total. The first kappa shape index (κ1) is 32.2. The van der Waals surface area contributed by atoms with Crippen LogP contribution in [-0.4, -0.2) is 0 Å². The van der Waals surface area contributed by atoms with Crippen molar-refractivity contribution in [3.05, 3.63) is 195 Å². The summed E-state index contributed by atoms with van der Waals surface area (Å²) in [6, 6.07) is 38.6. The van der Waals surface area contributed by atoms with Crippen LogP contribution in [0.4, 0.5) is 0 Å². The molecule has 0 nitrogen and oxygen atoms in total. The predicted octanol–water partition coefficient (Wildman–Crippen LogP) is 14.2. The summed E-state index contributed by atoms with van der Waals surface area (Å²) in [5, 5.41) is 0. The standard InChI is InChI=1S/C53H46/c1-33-13-5-9-17-41(33)37-21-25-45-46-26-22-38(42-18-10-6-14-34(42)2)30-50(46)53(49(45)29-37)51-31-39(43-19-11-7-15-35(43)3)23-27-47(51)48-28-24-40(32-52(48)53)44-20-12-8-16-36(44)4/h5-9,11,13-14,16-17,19,21-32,35H,10,12,15,18,20H2,1-4H3. The van der Waals surface area contributed by atoms with Crippen LogP contribution in [0.5, 0.6) is 0 Å². The number of hydrogen-bond donors (Lipinski definition) is 0. The Morgan fingerprint density at radius 2 is 1.00 bits per heavy atom. The minimum absolute atomic E-state index is 0.456. The van der Waals surface area contributed by atoms with Gasteiger partial charge in [0.25, 0.3) is 0 Å². The molecule has 0 saturated heterocycles. The van der Waals surface area contributed by atoms with Crippen molar-refractivity contribution in [2.75, 3.05) is 0 Å². The van der Waals surface area contributed by atoms with Crippen LogP contribution < -0.4 is 0 Å². The Hall–Kier alpha value is -5.46. The maximum atomic E-state index is 2.60. The second kappa shape index (κ2) is 12.3. The van der Waals surface area contributed by atoms with Crippen LogP contribution in [0.2, 0.25) is 0 Å². The number of rotatable bonds is 4. The fourth-order valence-corrected chi connectivity index (χ4v) is 10.3. The molecule has 0 aromatic heterocycles. The van der Waals surface area contributed by atoms with Crippen molar-refractivity contribution in [3.8, 4) is 33.4 Å². The molecule has 0 heterocycles. The molecule has 10 rings (SSSR count). The lowest BCUT2D eigenvalue weighted by atomic mass is 9.68. The van der Waals surface area contributed by atoms with Gasteiger partial charge in [-0.25, -0.2) is 0 Å². The SMILES string of the molecule is CC1=C(c2ccc3c(c2)C2(c4cc(C5=CC=CCC5C)ccc4-3)c3cc(C4=C(C)C=CCC4)ccc3-c3ccc(-c4ccccc4C)cc32)CCC=C1. The van der Waals surface area contributed by atoms with Crippen molar-refractivity contribution in [1.82, 2.24) is 0 Å². The zero-order valence-electron chi connectivity index (χ0n) is 31.4. The molecule has 258 valence electrons. The zero-order chi connectivity index (χ0) is 35.8. The van der Waals surface area contributed by atoms with Gasteiger partial charge in [0.05, 0.1) is 5.41 Å². The number of hydrogen-bond acceptors (Lipinski definition) is 0. The molecule has 2 unspecified atom stereocenters. The summed E-state index contributed by atoms with van der Waals surface area (Å²) in [5.41, 5.74) is 25.8. The molecular weight excluding hydrogens is 637 g/mol. The molecule has 5 aliphatic carbocycles. The van der Waals surface area contributed by atoms with E-state index in [0.717, 1.165) is 32.1 Å². The van der Waals surface area contributed by atoms with Crippen LogP contribution in [0, 0.1) is 12.8 Å². The van der Waals surface area contributed by atoms with Crippen molar-refractivity contribution in [3.63, 3.8) is 0 Å². The molecule has 0 fully saturated rings. The molecule has 0 amide bonds. The van der Waals surface area contributed by atoms with Gasteiger partial charge in [0.15, 0.2) is 0 Å². The van der Waals surface area contributed by atoms with E-state index in [2.05, 4.69) is 167 Å². The van der Waals surface area contributed by atoms with Gasteiger partial charge in [-0.05, 0) is 189 Å². The summed E-state index contributed by atoms with van der Waals surface area (Å²) in [5.74, 6) is 0.482. The Morgan fingerprint density at radius 3 is 1.53 bits per heavy atom. The average Bonchev–Trinajstić information content (AvgIpc) is 3.64. The molecule has 53 heavy (non-hydrogen) atoms. The molecule has 5 aromatic rings. The summed E-state index contributed by atoms with van der Waals surface area (Å²) in [6.45, 7) is 9.20. The molecule has 5 aliphatic rings. The van der Waals surface area contributed by atoms with Crippen molar-refractivity contribution >= 4 is 16.7 Å². The van der Waals surface area contributed by atoms with E-state index in [1.807, 2.05) is 0 Å². The van der Waals surface area contributed by atoms with Gasteiger partial charge in [-0.1, -0.05) is 122 Å². The fraction of sp³-hybridized carbons (Fsp3) is 0.208. The molecule has 0 bridgehead atoms. The minimum atomic E-state index is -0.456. The molecule has 5 aromatic carbocycles. The summed E-state index contributed by atoms with van der Waals surface area (Å²) in [6.07, 6.45) is 21.7. The van der Waals surface area contributed by atoms with Crippen LogP contribution in [0.25, 0.3) is 50.1 Å². The smallest absolute Gasteiger partial charge is 0.0726 e. The van der Waals surface area contributed by atoms with Gasteiger partial charge in [0, 0.05) is 0 Å². The van der Waals surface area contributed by atoms with Gasteiger partial charge >= 0.3 is 0 Å². The van der Waals surface area contributed by atoms with Crippen LogP contribution in [0.15, 0.2) is 151 Å². The Labute approximate surface area is 315 Å². The Bertz CT molecular complexity index is 2520. The van der Waals surface area contributed by atoms with Gasteiger partial charge in [0.2, 0.25) is 0 Å². The normalized spacial score (nSPS) is 20.8. The average molecular weight is 683 g/mol. The zero-order valence-corrected chi connectivity index (χ0v) is 31.4. The Kier molecular flexibility index (Phi) is 7.48. The quantitative estimate of drug-likeness (QED) is 0.173. The molecule has 1 spiro atoms. The van der Waals surface area contributed by atoms with E-state index in [-0.39, 0.29) is 0 Å². The van der Waals surface area contributed by atoms with Gasteiger partial charge in [-0.15, -0.1) is 0 Å². The van der Waals surface area contributed by atoms with Crippen LogP contribution in [-0.2, 0) is 5.41 Å². The number of allylic oxidation sites excluding steroid dienone is 12. The largest absolute Gasteiger partial charge is 0.0839 e. The van der Waals surface area contributed by atoms with E-state index in [0.29, 0.717) is 5.92 Å². The molecule has 0 aliphatic heterocycles. The third kappa shape index (κ3) is 4.81. The summed E-state index contributed by atoms with van der Waals surface area (Å²) in [4.78, 5) is 0. The lowest BCUT2D eigenvalue weighted by Gasteiger charge is -2.32. The first-order chi connectivity index (χ1) is 25.9. The van der Waals surface area contributed by atoms with Gasteiger partial charge < -0.3 is 0 Å². The van der Waals surface area contributed by atoms with E-state index >= 15 is 0 Å². The summed E-state index contributed by atoms with van der Waals surface area (Å²) in [7, 11) is 0. The van der Waals surface area contributed by atoms with Crippen molar-refractivity contribution in [2.45, 2.75) is 65.2 Å². The Balaban J connectivity index is 1.33. The highest BCUT2D eigenvalue weighted by Crippen LogP contribution is 2.64. The van der Waals surface area contributed by atoms with E-state index in [1.54, 1.807) is 0 Å². The van der Waals surface area contributed by atoms with Crippen molar-refractivity contribution in [1.29, 1.82) is 0 Å². The second-order valence-corrected chi connectivity index (χ2v) is 16.0. The first-order valence-electron chi connectivity index (χ1n) is 19.7. The van der Waals surface area contributed by atoms with Crippen LogP contribution in [0.1, 0.15) is 97.4 Å². The maximum Gasteiger partial charge on any atom is 0.0726 e. The number of aryl methyl sites for hydroxylation is 1. The predicted molar refractivity (Wildman–Crippen MR) is 226 cm³/mol. The highest BCUT2D eigenvalue weighted by Gasteiger charge is 2.52. The van der Waals surface area contributed by atoms with Crippen molar-refractivity contribution < 1.29 is 0 Å². The highest BCUT2D eigenvalue weighted by atomic mass is 14.5. The van der Waals surface area contributed by atoms with Gasteiger partial charge in [-0.2, -0.15) is 0 Å². The molecule has 0 saturated carbocycles. The molecular formula is C53H46. The monoisotopic (exact) mass is 682 g/mol. The van der Waals surface area contributed by atoms with E-state index in [4.69, 9.17) is 0 Å². The topological polar surface area (TPSA) is 0 Å². The van der Waals surface area contributed by atoms with Crippen LogP contribution in [0.3, 0.4) is 0 Å². The van der Waals surface area contributed by atoms with Crippen molar-refractivity contribution in [2.24, 2.45) is 5.92 Å². The minimum Gasteiger partial charge on any atom is -0.0839 e. The highest BCUT2D eigenvalue weighted by molar-refractivity contribution is 5.98. The van der Waals surface area contributed by atoms with E-state index in [1.165, 1.54) is 106 Å². The lowest BCUT2D eigenvalue weighted by Crippen LogP contribution is -2.26. The first-order valence-corrected chi connectivity index (χ1v) is 19.7. The molecule has 2 atom stereocenters.